The van der Waals surface area contributed by atoms with Crippen LogP contribution in [0.3, 0.4) is 0 Å². The van der Waals surface area contributed by atoms with Crippen LogP contribution in [0.1, 0.15) is 12.0 Å². The highest BCUT2D eigenvalue weighted by atomic mass is 35.5. The van der Waals surface area contributed by atoms with Gasteiger partial charge < -0.3 is 42.9 Å². The second kappa shape index (κ2) is 11.9. The number of methoxy groups -OCH3 is 1. The Balaban J connectivity index is 0.00000529. The fraction of sp³-hybridized carbons (Fsp3) is 0.562. The third-order valence-corrected chi connectivity index (χ3v) is 4.00. The van der Waals surface area contributed by atoms with Gasteiger partial charge in [-0.25, -0.2) is 0 Å². The molecule has 7 nitrogen and oxygen atoms in total. The first-order valence-corrected chi connectivity index (χ1v) is 7.77. The Bertz CT molecular complexity index is 482. The van der Waals surface area contributed by atoms with Gasteiger partial charge in [0, 0.05) is 18.5 Å². The van der Waals surface area contributed by atoms with Gasteiger partial charge in [0.25, 0.3) is 0 Å². The molecule has 1 aromatic carbocycles. The minimum Gasteiger partial charge on any atom is -1.00 e. The van der Waals surface area contributed by atoms with Crippen molar-refractivity contribution < 1.29 is 36.6 Å². The van der Waals surface area contributed by atoms with Crippen LogP contribution in [0.5, 0.6) is 5.75 Å². The number of carbonyl (C=O) groups is 1. The first-order valence-electron chi connectivity index (χ1n) is 7.77. The number of carbonyl (C=O) groups excluding carboxylic acids is 1. The average molecular weight is 362 g/mol. The first kappa shape index (κ1) is 22.5. The number of hydrogen-bond donors (Lipinski definition) is 4. The maximum absolute atomic E-state index is 10.3. The number of nitrogens with two attached hydrogens (primary N) is 1. The number of benzene rings is 1. The summed E-state index contributed by atoms with van der Waals surface area (Å²) in [5, 5.41) is 21.5. The van der Waals surface area contributed by atoms with Crippen LogP contribution in [0, 0.1) is 0 Å². The van der Waals surface area contributed by atoms with Crippen molar-refractivity contribution in [3.8, 4) is 5.75 Å². The first-order chi connectivity index (χ1) is 11.1. The summed E-state index contributed by atoms with van der Waals surface area (Å²) in [7, 11) is 1.57. The number of nitrogen functional groups attached to an aromatic ring is 1. The molecule has 0 aliphatic rings. The fourth-order valence-corrected chi connectivity index (χ4v) is 2.84. The zero-order valence-corrected chi connectivity index (χ0v) is 14.8. The topological polar surface area (TPSA) is 105 Å². The number of quaternary nitrogens is 1. The van der Waals surface area contributed by atoms with Crippen molar-refractivity contribution in [1.29, 1.82) is 0 Å². The van der Waals surface area contributed by atoms with Crippen LogP contribution in [0.4, 0.5) is 5.69 Å². The lowest BCUT2D eigenvalue weighted by Gasteiger charge is -2.38. The van der Waals surface area contributed by atoms with Gasteiger partial charge in [-0.05, 0) is 18.2 Å². The molecule has 0 aliphatic carbocycles. The molecule has 0 spiro atoms. The molecule has 0 atom stereocenters. The second-order valence-corrected chi connectivity index (χ2v) is 5.62. The number of nitrogens with one attached hydrogen (secondary N) is 1. The van der Waals surface area contributed by atoms with E-state index in [1.807, 2.05) is 18.2 Å². The molecule has 0 saturated heterocycles. The number of anilines is 1. The van der Waals surface area contributed by atoms with Crippen LogP contribution in [0.15, 0.2) is 18.2 Å². The maximum Gasteiger partial charge on any atom is 0.207 e. The molecule has 0 aliphatic heterocycles. The summed E-state index contributed by atoms with van der Waals surface area (Å²) in [5.74, 6) is 0.631. The quantitative estimate of drug-likeness (QED) is 0.135. The molecule has 24 heavy (non-hydrogen) atoms. The lowest BCUT2D eigenvalue weighted by atomic mass is 10.1. The van der Waals surface area contributed by atoms with E-state index in [0.29, 0.717) is 48.5 Å². The van der Waals surface area contributed by atoms with E-state index in [1.54, 1.807) is 7.11 Å². The van der Waals surface area contributed by atoms with E-state index in [2.05, 4.69) is 5.32 Å². The molecule has 0 bridgehead atoms. The van der Waals surface area contributed by atoms with Gasteiger partial charge in [-0.3, -0.25) is 4.79 Å². The van der Waals surface area contributed by atoms with Crippen LogP contribution >= 0.6 is 0 Å². The number of hydrogen-bond acceptors (Lipinski definition) is 5. The summed E-state index contributed by atoms with van der Waals surface area (Å²) in [5.41, 5.74) is 7.55. The number of rotatable bonds is 12. The SMILES string of the molecule is COc1ccc(C[N+](CCO)(CCO)CCCNC=O)cc1N.[Cl-]. The number of halogens is 1. The highest BCUT2D eigenvalue weighted by Crippen LogP contribution is 2.24. The van der Waals surface area contributed by atoms with Gasteiger partial charge in [-0.1, -0.05) is 0 Å². The van der Waals surface area contributed by atoms with Gasteiger partial charge in [0.1, 0.15) is 25.4 Å². The van der Waals surface area contributed by atoms with Gasteiger partial charge in [0.2, 0.25) is 6.41 Å². The molecule has 1 aromatic rings. The number of aliphatic hydroxyl groups is 2. The van der Waals surface area contributed by atoms with E-state index in [0.717, 1.165) is 18.5 Å². The summed E-state index contributed by atoms with van der Waals surface area (Å²) in [6.07, 6.45) is 1.45. The number of amides is 1. The second-order valence-electron chi connectivity index (χ2n) is 5.62. The van der Waals surface area contributed by atoms with E-state index in [1.165, 1.54) is 0 Å². The highest BCUT2D eigenvalue weighted by Gasteiger charge is 2.26. The summed E-state index contributed by atoms with van der Waals surface area (Å²) < 4.78 is 5.71. The largest absolute Gasteiger partial charge is 1.00 e. The smallest absolute Gasteiger partial charge is 0.207 e. The Morgan fingerprint density at radius 2 is 1.92 bits per heavy atom. The summed E-state index contributed by atoms with van der Waals surface area (Å²) >= 11 is 0. The van der Waals surface area contributed by atoms with E-state index < -0.39 is 0 Å². The monoisotopic (exact) mass is 361 g/mol. The molecule has 0 radical (unpaired) electrons. The van der Waals surface area contributed by atoms with Crippen LogP contribution in [-0.4, -0.2) is 67.6 Å². The van der Waals surface area contributed by atoms with Crippen molar-refractivity contribution >= 4 is 12.1 Å². The highest BCUT2D eigenvalue weighted by molar-refractivity contribution is 5.54. The Labute approximate surface area is 149 Å². The maximum atomic E-state index is 10.3. The standard InChI is InChI=1S/C16H27N3O4.ClH/c1-23-16-4-3-14(11-15(16)17)12-19(7-9-20,8-10-21)6-2-5-18-13-22;/h3-4,11,13,20-21H,2,5-10,12,17H2,1H3;1H. The van der Waals surface area contributed by atoms with Crippen molar-refractivity contribution in [3.63, 3.8) is 0 Å². The zero-order chi connectivity index (χ0) is 17.1. The molecule has 1 amide bonds. The Kier molecular flexibility index (Phi) is 11.1. The fourth-order valence-electron chi connectivity index (χ4n) is 2.84. The molecule has 5 N–H and O–H groups in total. The molecular formula is C16H28ClN3O4. The molecular weight excluding hydrogens is 334 g/mol. The predicted molar refractivity (Wildman–Crippen MR) is 88.8 cm³/mol. The third kappa shape index (κ3) is 6.92. The number of nitrogens with zero attached hydrogens (tertiary/aromatic N) is 1. The zero-order valence-electron chi connectivity index (χ0n) is 14.1. The normalized spacial score (nSPS) is 10.8. The van der Waals surface area contributed by atoms with E-state index >= 15 is 0 Å². The van der Waals surface area contributed by atoms with Gasteiger partial charge in [-0.15, -0.1) is 0 Å². The molecule has 0 fully saturated rings. The number of ether oxygens (including phenoxy) is 1. The minimum absolute atomic E-state index is 0. The van der Waals surface area contributed by atoms with Gasteiger partial charge >= 0.3 is 0 Å². The minimum atomic E-state index is 0. The van der Waals surface area contributed by atoms with Gasteiger partial charge in [0.05, 0.1) is 32.6 Å². The van der Waals surface area contributed by atoms with Crippen molar-refractivity contribution in [2.45, 2.75) is 13.0 Å². The molecule has 0 heterocycles. The van der Waals surface area contributed by atoms with Crippen molar-refractivity contribution in [1.82, 2.24) is 5.32 Å². The summed E-state index contributed by atoms with van der Waals surface area (Å²) in [6.45, 7) is 3.11. The summed E-state index contributed by atoms with van der Waals surface area (Å²) in [6, 6.07) is 5.63. The molecule has 0 saturated carbocycles. The Hall–Kier alpha value is -1.54. The molecule has 138 valence electrons. The van der Waals surface area contributed by atoms with E-state index in [-0.39, 0.29) is 25.6 Å². The van der Waals surface area contributed by atoms with Gasteiger partial charge in [-0.2, -0.15) is 0 Å². The Morgan fingerprint density at radius 1 is 1.25 bits per heavy atom. The number of aliphatic hydroxyl groups excluding tert-OH is 2. The van der Waals surface area contributed by atoms with Crippen LogP contribution in [0.2, 0.25) is 0 Å². The van der Waals surface area contributed by atoms with Crippen LogP contribution < -0.4 is 28.2 Å². The lowest BCUT2D eigenvalue weighted by molar-refractivity contribution is -0.941. The van der Waals surface area contributed by atoms with Crippen molar-refractivity contribution in [3.05, 3.63) is 23.8 Å². The lowest BCUT2D eigenvalue weighted by Crippen LogP contribution is -3.00. The van der Waals surface area contributed by atoms with Crippen LogP contribution in [-0.2, 0) is 11.3 Å². The Morgan fingerprint density at radius 3 is 2.42 bits per heavy atom. The van der Waals surface area contributed by atoms with Gasteiger partial charge in [0.15, 0.2) is 0 Å². The third-order valence-electron chi connectivity index (χ3n) is 4.00. The molecule has 0 unspecified atom stereocenters. The van der Waals surface area contributed by atoms with Crippen molar-refractivity contribution in [2.24, 2.45) is 0 Å². The average Bonchev–Trinajstić information content (AvgIpc) is 2.52. The predicted octanol–water partition coefficient (Wildman–Crippen LogP) is -3.28. The van der Waals surface area contributed by atoms with E-state index in [9.17, 15) is 15.0 Å². The summed E-state index contributed by atoms with van der Waals surface area (Å²) in [4.78, 5) is 10.3. The molecule has 8 heteroatoms. The van der Waals surface area contributed by atoms with Crippen LogP contribution in [0.25, 0.3) is 0 Å². The van der Waals surface area contributed by atoms with E-state index in [4.69, 9.17) is 10.5 Å². The van der Waals surface area contributed by atoms with Crippen molar-refractivity contribution in [2.75, 3.05) is 52.2 Å². The molecule has 0 aromatic heterocycles. The molecule has 1 rings (SSSR count).